The summed E-state index contributed by atoms with van der Waals surface area (Å²) in [5, 5.41) is 4.98. The molecule has 0 unspecified atom stereocenters. The van der Waals surface area contributed by atoms with Crippen molar-refractivity contribution >= 4 is 49.7 Å². The Morgan fingerprint density at radius 2 is 1.90 bits per heavy atom. The highest BCUT2D eigenvalue weighted by Gasteiger charge is 2.18. The molecule has 4 rings (SSSR count). The molecular weight excluding hydrogens is 438 g/mol. The second-order valence-corrected chi connectivity index (χ2v) is 8.97. The van der Waals surface area contributed by atoms with Crippen LogP contribution in [0.5, 0.6) is 11.5 Å². The normalized spacial score (nSPS) is 12.6. The van der Waals surface area contributed by atoms with Crippen molar-refractivity contribution in [1.29, 1.82) is 0 Å². The largest absolute Gasteiger partial charge is 0.454 e. The number of sulfonamides is 1. The number of thiazole rings is 1. The van der Waals surface area contributed by atoms with Gasteiger partial charge in [0, 0.05) is 22.2 Å². The molecule has 2 heterocycles. The molecule has 1 aromatic heterocycles. The highest BCUT2D eigenvalue weighted by atomic mass is 35.5. The van der Waals surface area contributed by atoms with Gasteiger partial charge in [0.05, 0.1) is 17.0 Å². The quantitative estimate of drug-likeness (QED) is 0.594. The molecule has 0 spiro atoms. The monoisotopic (exact) mass is 451 g/mol. The Labute approximate surface area is 175 Å². The van der Waals surface area contributed by atoms with E-state index in [4.69, 9.17) is 21.1 Å². The summed E-state index contributed by atoms with van der Waals surface area (Å²) in [7, 11) is -3.79. The van der Waals surface area contributed by atoms with Gasteiger partial charge in [0.2, 0.25) is 12.7 Å². The SMILES string of the molecule is O=C(Cc1csc(NS(=O)(=O)c2ccc(Cl)cc2)n1)Nc1ccc2c(c1)OCO2. The third kappa shape index (κ3) is 4.61. The summed E-state index contributed by atoms with van der Waals surface area (Å²) < 4.78 is 37.7. The lowest BCUT2D eigenvalue weighted by atomic mass is 10.2. The van der Waals surface area contributed by atoms with Crippen LogP contribution in [0.4, 0.5) is 10.8 Å². The molecule has 0 radical (unpaired) electrons. The molecule has 150 valence electrons. The number of ether oxygens (including phenoxy) is 2. The van der Waals surface area contributed by atoms with Gasteiger partial charge in [-0.2, -0.15) is 0 Å². The summed E-state index contributed by atoms with van der Waals surface area (Å²) >= 11 is 6.88. The van der Waals surface area contributed by atoms with E-state index in [0.29, 0.717) is 27.9 Å². The summed E-state index contributed by atoms with van der Waals surface area (Å²) in [5.74, 6) is 0.900. The number of nitrogens with one attached hydrogen (secondary N) is 2. The first-order chi connectivity index (χ1) is 13.9. The molecule has 3 aromatic rings. The smallest absolute Gasteiger partial charge is 0.263 e. The van der Waals surface area contributed by atoms with Crippen LogP contribution in [0, 0.1) is 0 Å². The highest BCUT2D eigenvalue weighted by Crippen LogP contribution is 2.34. The van der Waals surface area contributed by atoms with Gasteiger partial charge in [-0.25, -0.2) is 13.4 Å². The average molecular weight is 452 g/mol. The van der Waals surface area contributed by atoms with E-state index in [0.717, 1.165) is 11.3 Å². The predicted octanol–water partition coefficient (Wildman–Crippen LogP) is 3.51. The van der Waals surface area contributed by atoms with Crippen molar-refractivity contribution < 1.29 is 22.7 Å². The number of hydrogen-bond donors (Lipinski definition) is 2. The Morgan fingerprint density at radius 1 is 1.14 bits per heavy atom. The maximum atomic E-state index is 12.4. The maximum Gasteiger partial charge on any atom is 0.263 e. The fourth-order valence-electron chi connectivity index (χ4n) is 2.57. The van der Waals surface area contributed by atoms with Crippen LogP contribution in [0.15, 0.2) is 52.7 Å². The van der Waals surface area contributed by atoms with Crippen LogP contribution in [-0.4, -0.2) is 26.1 Å². The number of benzene rings is 2. The fraction of sp³-hybridized carbons (Fsp3) is 0.111. The molecule has 11 heteroatoms. The first-order valence-electron chi connectivity index (χ1n) is 8.31. The number of carbonyl (C=O) groups is 1. The van der Waals surface area contributed by atoms with Crippen molar-refractivity contribution in [1.82, 2.24) is 4.98 Å². The Balaban J connectivity index is 1.38. The zero-order chi connectivity index (χ0) is 20.4. The predicted molar refractivity (Wildman–Crippen MR) is 109 cm³/mol. The first-order valence-corrected chi connectivity index (χ1v) is 11.1. The fourth-order valence-corrected chi connectivity index (χ4v) is 4.66. The van der Waals surface area contributed by atoms with Crippen molar-refractivity contribution in [3.05, 3.63) is 58.6 Å². The summed E-state index contributed by atoms with van der Waals surface area (Å²) in [6.45, 7) is 0.153. The Morgan fingerprint density at radius 3 is 2.69 bits per heavy atom. The molecule has 0 aliphatic carbocycles. The van der Waals surface area contributed by atoms with Gasteiger partial charge in [0.25, 0.3) is 10.0 Å². The molecule has 0 fully saturated rings. The number of rotatable bonds is 6. The summed E-state index contributed by atoms with van der Waals surface area (Å²) in [6, 6.07) is 10.9. The van der Waals surface area contributed by atoms with Gasteiger partial charge in [-0.15, -0.1) is 11.3 Å². The van der Waals surface area contributed by atoms with Gasteiger partial charge in [-0.05, 0) is 36.4 Å². The van der Waals surface area contributed by atoms with E-state index in [9.17, 15) is 13.2 Å². The number of anilines is 2. The highest BCUT2D eigenvalue weighted by molar-refractivity contribution is 7.93. The van der Waals surface area contributed by atoms with Gasteiger partial charge in [0.15, 0.2) is 16.6 Å². The standard InChI is InChI=1S/C18H14ClN3O5S2/c19-11-1-4-14(5-2-11)29(24,25)22-18-21-13(9-28-18)8-17(23)20-12-3-6-15-16(7-12)27-10-26-15/h1-7,9H,8,10H2,(H,20,23)(H,21,22). The number of aromatic nitrogens is 1. The van der Waals surface area contributed by atoms with Gasteiger partial charge in [0.1, 0.15) is 0 Å². The van der Waals surface area contributed by atoms with Gasteiger partial charge < -0.3 is 14.8 Å². The van der Waals surface area contributed by atoms with Crippen LogP contribution >= 0.6 is 22.9 Å². The van der Waals surface area contributed by atoms with Crippen LogP contribution in [0.3, 0.4) is 0 Å². The topological polar surface area (TPSA) is 107 Å². The molecule has 1 aliphatic heterocycles. The van der Waals surface area contributed by atoms with Crippen molar-refractivity contribution in [3.8, 4) is 11.5 Å². The van der Waals surface area contributed by atoms with Gasteiger partial charge in [-0.3, -0.25) is 9.52 Å². The molecule has 1 aliphatic rings. The maximum absolute atomic E-state index is 12.4. The number of nitrogens with zero attached hydrogens (tertiary/aromatic N) is 1. The minimum Gasteiger partial charge on any atom is -0.454 e. The summed E-state index contributed by atoms with van der Waals surface area (Å²) in [6.07, 6.45) is -0.00633. The van der Waals surface area contributed by atoms with Crippen LogP contribution in [0.2, 0.25) is 5.02 Å². The van der Waals surface area contributed by atoms with Crippen LogP contribution < -0.4 is 19.5 Å². The van der Waals surface area contributed by atoms with Crippen LogP contribution in [-0.2, 0) is 21.2 Å². The minimum atomic E-state index is -3.79. The van der Waals surface area contributed by atoms with Crippen molar-refractivity contribution in [2.45, 2.75) is 11.3 Å². The van der Waals surface area contributed by atoms with E-state index in [1.807, 2.05) is 0 Å². The van der Waals surface area contributed by atoms with E-state index in [1.54, 1.807) is 23.6 Å². The summed E-state index contributed by atoms with van der Waals surface area (Å²) in [5.41, 5.74) is 1.01. The third-order valence-corrected chi connectivity index (χ3v) is 6.44. The molecule has 0 atom stereocenters. The second kappa shape index (κ2) is 7.90. The van der Waals surface area contributed by atoms with Crippen LogP contribution in [0.25, 0.3) is 0 Å². The van der Waals surface area contributed by atoms with E-state index in [1.165, 1.54) is 24.3 Å². The molecular formula is C18H14ClN3O5S2. The number of fused-ring (bicyclic) bond motifs is 1. The Hall–Kier alpha value is -2.82. The van der Waals surface area contributed by atoms with Crippen molar-refractivity contribution in [2.24, 2.45) is 0 Å². The minimum absolute atomic E-state index is 0.00633. The molecule has 0 saturated heterocycles. The number of hydrogen-bond acceptors (Lipinski definition) is 7. The zero-order valence-electron chi connectivity index (χ0n) is 14.7. The van der Waals surface area contributed by atoms with E-state index in [-0.39, 0.29) is 29.1 Å². The van der Waals surface area contributed by atoms with E-state index in [2.05, 4.69) is 15.0 Å². The Kier molecular flexibility index (Phi) is 5.31. The van der Waals surface area contributed by atoms with Gasteiger partial charge in [-0.1, -0.05) is 11.6 Å². The van der Waals surface area contributed by atoms with Gasteiger partial charge >= 0.3 is 0 Å². The molecule has 29 heavy (non-hydrogen) atoms. The molecule has 0 saturated carbocycles. The van der Waals surface area contributed by atoms with Crippen LogP contribution in [0.1, 0.15) is 5.69 Å². The lowest BCUT2D eigenvalue weighted by molar-refractivity contribution is -0.115. The molecule has 8 nitrogen and oxygen atoms in total. The molecule has 2 aromatic carbocycles. The van der Waals surface area contributed by atoms with Crippen molar-refractivity contribution in [2.75, 3.05) is 16.8 Å². The number of carbonyl (C=O) groups excluding carboxylic acids is 1. The summed E-state index contributed by atoms with van der Waals surface area (Å²) in [4.78, 5) is 16.5. The van der Waals surface area contributed by atoms with E-state index >= 15 is 0 Å². The lowest BCUT2D eigenvalue weighted by Gasteiger charge is -2.06. The zero-order valence-corrected chi connectivity index (χ0v) is 17.1. The van der Waals surface area contributed by atoms with E-state index < -0.39 is 10.0 Å². The number of amides is 1. The lowest BCUT2D eigenvalue weighted by Crippen LogP contribution is -2.15. The molecule has 1 amide bonds. The third-order valence-electron chi connectivity index (χ3n) is 3.90. The number of halogens is 1. The first kappa shape index (κ1) is 19.5. The molecule has 2 N–H and O–H groups in total. The molecule has 0 bridgehead atoms. The van der Waals surface area contributed by atoms with Crippen molar-refractivity contribution in [3.63, 3.8) is 0 Å². The Bertz CT molecular complexity index is 1160. The second-order valence-electron chi connectivity index (χ2n) is 6.00. The average Bonchev–Trinajstić information content (AvgIpc) is 3.30.